The van der Waals surface area contributed by atoms with E-state index in [1.807, 2.05) is 0 Å². The third-order valence-electron chi connectivity index (χ3n) is 4.00. The number of aromatic amines is 1. The smallest absolute Gasteiger partial charge is 0.252 e. The molecule has 1 atom stereocenters. The molecule has 27 heavy (non-hydrogen) atoms. The lowest BCUT2D eigenvalue weighted by Gasteiger charge is -2.13. The van der Waals surface area contributed by atoms with Gasteiger partial charge < -0.3 is 10.3 Å². The summed E-state index contributed by atoms with van der Waals surface area (Å²) in [7, 11) is 0. The molecule has 0 saturated heterocycles. The Morgan fingerprint density at radius 1 is 1.30 bits per heavy atom. The number of nitrogens with one attached hydrogen (secondary N) is 2. The Bertz CT molecular complexity index is 1120. The number of nitrogens with zero attached hydrogens (tertiary/aromatic N) is 2. The minimum atomic E-state index is -1.08. The number of H-pyrrole nitrogens is 1. The summed E-state index contributed by atoms with van der Waals surface area (Å²) in [4.78, 5) is 26.8. The molecule has 3 aromatic rings. The lowest BCUT2D eigenvalue weighted by Crippen LogP contribution is -2.30. The normalized spacial score (nSPS) is 11.8. The summed E-state index contributed by atoms with van der Waals surface area (Å²) < 4.78 is 27.3. The Morgan fingerprint density at radius 2 is 2.07 bits per heavy atom. The largest absolute Gasteiger partial charge is 0.348 e. The minimum absolute atomic E-state index is 0.0189. The van der Waals surface area contributed by atoms with Gasteiger partial charge in [0.05, 0.1) is 23.7 Å². The number of amides is 1. The Kier molecular flexibility index (Phi) is 4.94. The van der Waals surface area contributed by atoms with E-state index in [-0.39, 0.29) is 22.9 Å². The molecule has 1 amide bonds. The van der Waals surface area contributed by atoms with Crippen LogP contribution in [0.3, 0.4) is 0 Å². The second-order valence-corrected chi connectivity index (χ2v) is 5.90. The number of pyridine rings is 1. The summed E-state index contributed by atoms with van der Waals surface area (Å²) in [6.45, 7) is 1.69. The Hall–Kier alpha value is -3.60. The lowest BCUT2D eigenvalue weighted by molar-refractivity contribution is -0.121. The van der Waals surface area contributed by atoms with Gasteiger partial charge in [-0.05, 0) is 43.2 Å². The molecule has 0 aliphatic rings. The molecule has 0 fully saturated rings. The Balaban J connectivity index is 1.79. The number of fused-ring (bicyclic) bond motifs is 1. The maximum Gasteiger partial charge on any atom is 0.252 e. The van der Waals surface area contributed by atoms with Gasteiger partial charge in [0.25, 0.3) is 5.56 Å². The molecule has 0 radical (unpaired) electrons. The highest BCUT2D eigenvalue weighted by Gasteiger charge is 2.15. The second-order valence-electron chi connectivity index (χ2n) is 5.90. The topological polar surface area (TPSA) is 87.7 Å². The van der Waals surface area contributed by atoms with E-state index in [1.165, 1.54) is 12.1 Å². The Labute approximate surface area is 152 Å². The fourth-order valence-corrected chi connectivity index (χ4v) is 2.58. The van der Waals surface area contributed by atoms with Gasteiger partial charge in [0.15, 0.2) is 11.6 Å². The molecule has 0 aliphatic carbocycles. The first-order valence-electron chi connectivity index (χ1n) is 7.98. The number of halogens is 2. The molecule has 3 rings (SSSR count). The van der Waals surface area contributed by atoms with Crippen LogP contribution in [0.2, 0.25) is 0 Å². The van der Waals surface area contributed by atoms with Crippen LogP contribution in [0.4, 0.5) is 8.78 Å². The van der Waals surface area contributed by atoms with Crippen molar-refractivity contribution in [3.63, 3.8) is 0 Å². The molecule has 0 unspecified atom stereocenters. The Morgan fingerprint density at radius 3 is 2.74 bits per heavy atom. The zero-order chi connectivity index (χ0) is 19.6. The monoisotopic (exact) mass is 368 g/mol. The van der Waals surface area contributed by atoms with Crippen molar-refractivity contribution in [1.82, 2.24) is 20.5 Å². The van der Waals surface area contributed by atoms with Gasteiger partial charge in [-0.3, -0.25) is 9.59 Å². The summed E-state index contributed by atoms with van der Waals surface area (Å²) in [5.74, 6) is -0.256. The van der Waals surface area contributed by atoms with Crippen molar-refractivity contribution in [2.45, 2.75) is 19.4 Å². The van der Waals surface area contributed by atoms with E-state index in [0.717, 1.165) is 6.07 Å². The quantitative estimate of drug-likeness (QED) is 0.690. The second kappa shape index (κ2) is 7.33. The van der Waals surface area contributed by atoms with E-state index in [2.05, 4.69) is 26.4 Å². The van der Waals surface area contributed by atoms with E-state index >= 15 is 0 Å². The molecule has 0 spiro atoms. The minimum Gasteiger partial charge on any atom is -0.348 e. The highest BCUT2D eigenvalue weighted by molar-refractivity contribution is 5.83. The van der Waals surface area contributed by atoms with Gasteiger partial charge in [0, 0.05) is 10.9 Å². The van der Waals surface area contributed by atoms with Crippen molar-refractivity contribution in [3.05, 3.63) is 69.3 Å². The SMILES string of the molecule is C#Cc1ccc([C@H](C)NC(=O)Cc2cc3c(F)c(F)ccc3[nH]c2=O)nn1. The highest BCUT2D eigenvalue weighted by Crippen LogP contribution is 2.18. The number of benzene rings is 1. The van der Waals surface area contributed by atoms with Crippen molar-refractivity contribution in [2.75, 3.05) is 0 Å². The number of rotatable bonds is 4. The van der Waals surface area contributed by atoms with Crippen molar-refractivity contribution in [2.24, 2.45) is 0 Å². The molecule has 6 nitrogen and oxygen atoms in total. The average molecular weight is 368 g/mol. The maximum absolute atomic E-state index is 13.9. The van der Waals surface area contributed by atoms with Gasteiger partial charge in [0.2, 0.25) is 5.91 Å². The number of carbonyl (C=O) groups is 1. The highest BCUT2D eigenvalue weighted by atomic mass is 19.2. The molecule has 2 N–H and O–H groups in total. The van der Waals surface area contributed by atoms with E-state index < -0.39 is 29.1 Å². The molecule has 1 aromatic carbocycles. The van der Waals surface area contributed by atoms with Crippen LogP contribution in [0.15, 0.2) is 35.1 Å². The van der Waals surface area contributed by atoms with Crippen LogP contribution in [0.1, 0.15) is 29.9 Å². The van der Waals surface area contributed by atoms with Crippen LogP contribution in [-0.2, 0) is 11.2 Å². The van der Waals surface area contributed by atoms with Gasteiger partial charge in [0.1, 0.15) is 5.69 Å². The van der Waals surface area contributed by atoms with Crippen LogP contribution < -0.4 is 10.9 Å². The average Bonchev–Trinajstić information content (AvgIpc) is 2.66. The standard InChI is InChI=1S/C19H14F2N4O2/c1-3-12-4-6-15(25-24-12)10(2)22-17(26)9-11-8-13-16(23-19(11)27)7-5-14(20)18(13)21/h1,4-8,10H,9H2,2H3,(H,22,26)(H,23,27)/t10-/m0/s1. The van der Waals surface area contributed by atoms with Gasteiger partial charge in [-0.25, -0.2) is 8.78 Å². The summed E-state index contributed by atoms with van der Waals surface area (Å²) in [5, 5.41) is 10.3. The molecule has 0 aliphatic heterocycles. The number of aromatic nitrogens is 3. The first kappa shape index (κ1) is 18.2. The fourth-order valence-electron chi connectivity index (χ4n) is 2.58. The third kappa shape index (κ3) is 3.82. The number of hydrogen-bond acceptors (Lipinski definition) is 4. The van der Waals surface area contributed by atoms with Crippen molar-refractivity contribution in [1.29, 1.82) is 0 Å². The predicted molar refractivity (Wildman–Crippen MR) is 94.7 cm³/mol. The third-order valence-corrected chi connectivity index (χ3v) is 4.00. The van der Waals surface area contributed by atoms with Gasteiger partial charge in [-0.2, -0.15) is 5.10 Å². The van der Waals surface area contributed by atoms with E-state index in [0.29, 0.717) is 11.4 Å². The zero-order valence-corrected chi connectivity index (χ0v) is 14.2. The molecule has 2 heterocycles. The summed E-state index contributed by atoms with van der Waals surface area (Å²) in [6.07, 6.45) is 4.91. The number of hydrogen-bond donors (Lipinski definition) is 2. The first-order valence-corrected chi connectivity index (χ1v) is 7.98. The maximum atomic E-state index is 13.9. The first-order chi connectivity index (χ1) is 12.9. The molecule has 0 bridgehead atoms. The van der Waals surface area contributed by atoms with E-state index in [1.54, 1.807) is 19.1 Å². The molecule has 2 aromatic heterocycles. The van der Waals surface area contributed by atoms with Gasteiger partial charge in [-0.1, -0.05) is 0 Å². The summed E-state index contributed by atoms with van der Waals surface area (Å²) in [6, 6.07) is 6.11. The van der Waals surface area contributed by atoms with Gasteiger partial charge >= 0.3 is 0 Å². The number of terminal acetylenes is 1. The summed E-state index contributed by atoms with van der Waals surface area (Å²) >= 11 is 0. The fraction of sp³-hybridized carbons (Fsp3) is 0.158. The molecular weight excluding hydrogens is 354 g/mol. The number of carbonyl (C=O) groups excluding carboxylic acids is 1. The molecular formula is C19H14F2N4O2. The van der Waals surface area contributed by atoms with Crippen molar-refractivity contribution < 1.29 is 13.6 Å². The van der Waals surface area contributed by atoms with Crippen LogP contribution in [0.5, 0.6) is 0 Å². The summed E-state index contributed by atoms with van der Waals surface area (Å²) in [5.41, 5.74) is 0.484. The van der Waals surface area contributed by atoms with Crippen molar-refractivity contribution in [3.8, 4) is 12.3 Å². The van der Waals surface area contributed by atoms with Crippen LogP contribution in [0, 0.1) is 24.0 Å². The molecule has 0 saturated carbocycles. The van der Waals surface area contributed by atoms with Gasteiger partial charge in [-0.15, -0.1) is 11.5 Å². The van der Waals surface area contributed by atoms with Crippen LogP contribution in [0.25, 0.3) is 10.9 Å². The lowest BCUT2D eigenvalue weighted by atomic mass is 10.1. The van der Waals surface area contributed by atoms with Crippen LogP contribution >= 0.6 is 0 Å². The predicted octanol–water partition coefficient (Wildman–Crippen LogP) is 2.00. The van der Waals surface area contributed by atoms with Crippen molar-refractivity contribution >= 4 is 16.8 Å². The van der Waals surface area contributed by atoms with Crippen LogP contribution in [-0.4, -0.2) is 21.1 Å². The molecule has 136 valence electrons. The zero-order valence-electron chi connectivity index (χ0n) is 14.2. The van der Waals surface area contributed by atoms with E-state index in [4.69, 9.17) is 6.42 Å². The van der Waals surface area contributed by atoms with E-state index in [9.17, 15) is 18.4 Å². The molecule has 8 heteroatoms.